The summed E-state index contributed by atoms with van der Waals surface area (Å²) >= 11 is 1.39. The molecule has 0 bridgehead atoms. The number of fused-ring (bicyclic) bond motifs is 1. The zero-order chi connectivity index (χ0) is 13.1. The monoisotopic (exact) mass is 275 g/mol. The zero-order valence-electron chi connectivity index (χ0n) is 10.9. The van der Waals surface area contributed by atoms with Gasteiger partial charge < -0.3 is 10.1 Å². The van der Waals surface area contributed by atoms with Gasteiger partial charge in [0.2, 0.25) is 0 Å². The summed E-state index contributed by atoms with van der Waals surface area (Å²) in [5.74, 6) is 0. The van der Waals surface area contributed by atoms with Crippen molar-refractivity contribution in [3.8, 4) is 0 Å². The Morgan fingerprint density at radius 1 is 1.47 bits per heavy atom. The average molecular weight is 275 g/mol. The minimum Gasteiger partial charge on any atom is -0.373 e. The molecule has 1 N–H and O–H groups in total. The summed E-state index contributed by atoms with van der Waals surface area (Å²) in [6.07, 6.45) is 2.04. The number of aromatic nitrogens is 2. The third kappa shape index (κ3) is 2.68. The minimum absolute atomic E-state index is 0.143. The van der Waals surface area contributed by atoms with Crippen molar-refractivity contribution in [3.63, 3.8) is 0 Å². The lowest BCUT2D eigenvalue weighted by atomic mass is 9.93. The van der Waals surface area contributed by atoms with Crippen LogP contribution in [0, 0.1) is 0 Å². The summed E-state index contributed by atoms with van der Waals surface area (Å²) in [5, 5.41) is 9.46. The fourth-order valence-electron chi connectivity index (χ4n) is 2.60. The van der Waals surface area contributed by atoms with Gasteiger partial charge in [0.25, 0.3) is 0 Å². The Hall–Kier alpha value is -1.30. The highest BCUT2D eigenvalue weighted by atomic mass is 32.1. The van der Waals surface area contributed by atoms with Crippen LogP contribution in [0.1, 0.15) is 35.4 Å². The van der Waals surface area contributed by atoms with Crippen molar-refractivity contribution in [2.24, 2.45) is 0 Å². The van der Waals surface area contributed by atoms with Gasteiger partial charge in [-0.25, -0.2) is 0 Å². The molecule has 0 spiro atoms. The van der Waals surface area contributed by atoms with Crippen LogP contribution in [-0.4, -0.2) is 23.2 Å². The van der Waals surface area contributed by atoms with Gasteiger partial charge in [0.1, 0.15) is 0 Å². The van der Waals surface area contributed by atoms with Gasteiger partial charge >= 0.3 is 0 Å². The highest BCUT2D eigenvalue weighted by molar-refractivity contribution is 7.03. The van der Waals surface area contributed by atoms with Crippen LogP contribution in [0.2, 0.25) is 0 Å². The molecule has 1 aromatic heterocycles. The first-order chi connectivity index (χ1) is 9.38. The highest BCUT2D eigenvalue weighted by Crippen LogP contribution is 2.33. The second-order valence-electron chi connectivity index (χ2n) is 4.71. The van der Waals surface area contributed by atoms with E-state index in [-0.39, 0.29) is 12.1 Å². The Balaban J connectivity index is 1.80. The molecule has 0 saturated heterocycles. The fourth-order valence-corrected chi connectivity index (χ4v) is 3.10. The number of ether oxygens (including phenoxy) is 1. The first kappa shape index (κ1) is 12.7. The Bertz CT molecular complexity index is 529. The molecular formula is C14H17N3OS. The third-order valence-corrected chi connectivity index (χ3v) is 4.15. The second-order valence-corrected chi connectivity index (χ2v) is 5.32. The quantitative estimate of drug-likeness (QED) is 0.931. The summed E-state index contributed by atoms with van der Waals surface area (Å²) in [5.41, 5.74) is 3.72. The fraction of sp³-hybridized carbons (Fsp3) is 0.429. The van der Waals surface area contributed by atoms with E-state index in [4.69, 9.17) is 4.74 Å². The molecule has 1 aromatic carbocycles. The van der Waals surface area contributed by atoms with Gasteiger partial charge in [0.15, 0.2) is 0 Å². The topological polar surface area (TPSA) is 47.0 Å². The highest BCUT2D eigenvalue weighted by Gasteiger charge is 2.25. The molecule has 2 aromatic rings. The SMILES string of the molecule is CNC(CC1OCCc2ccccc21)c1csnn1. The molecule has 0 saturated carbocycles. The van der Waals surface area contributed by atoms with Crippen LogP contribution in [0.5, 0.6) is 0 Å². The predicted molar refractivity (Wildman–Crippen MR) is 75.2 cm³/mol. The van der Waals surface area contributed by atoms with Crippen molar-refractivity contribution in [3.05, 3.63) is 46.5 Å². The Kier molecular flexibility index (Phi) is 3.87. The molecule has 2 heterocycles. The molecule has 2 atom stereocenters. The lowest BCUT2D eigenvalue weighted by Gasteiger charge is -2.28. The van der Waals surface area contributed by atoms with Gasteiger partial charge in [0.05, 0.1) is 24.4 Å². The molecule has 3 rings (SSSR count). The van der Waals surface area contributed by atoms with Crippen molar-refractivity contribution < 1.29 is 4.74 Å². The van der Waals surface area contributed by atoms with E-state index in [1.165, 1.54) is 22.7 Å². The second kappa shape index (κ2) is 5.77. The van der Waals surface area contributed by atoms with Gasteiger partial charge in [0, 0.05) is 5.38 Å². The van der Waals surface area contributed by atoms with Crippen molar-refractivity contribution in [2.75, 3.05) is 13.7 Å². The van der Waals surface area contributed by atoms with Gasteiger partial charge in [-0.15, -0.1) is 5.10 Å². The van der Waals surface area contributed by atoms with Gasteiger partial charge in [-0.3, -0.25) is 0 Å². The number of nitrogens with zero attached hydrogens (tertiary/aromatic N) is 2. The molecule has 2 unspecified atom stereocenters. The van der Waals surface area contributed by atoms with E-state index in [9.17, 15) is 0 Å². The predicted octanol–water partition coefficient (Wildman–Crippen LogP) is 2.50. The molecule has 1 aliphatic heterocycles. The largest absolute Gasteiger partial charge is 0.373 e. The smallest absolute Gasteiger partial charge is 0.0925 e. The Morgan fingerprint density at radius 3 is 3.16 bits per heavy atom. The van der Waals surface area contributed by atoms with Crippen LogP contribution in [-0.2, 0) is 11.2 Å². The number of benzene rings is 1. The molecule has 19 heavy (non-hydrogen) atoms. The third-order valence-electron chi connectivity index (χ3n) is 3.62. The summed E-state index contributed by atoms with van der Waals surface area (Å²) in [6.45, 7) is 0.799. The molecule has 100 valence electrons. The van der Waals surface area contributed by atoms with Crippen molar-refractivity contribution >= 4 is 11.5 Å². The minimum atomic E-state index is 0.143. The number of nitrogens with one attached hydrogen (secondary N) is 1. The van der Waals surface area contributed by atoms with E-state index in [0.29, 0.717) is 0 Å². The van der Waals surface area contributed by atoms with E-state index in [2.05, 4.69) is 39.2 Å². The van der Waals surface area contributed by atoms with Crippen molar-refractivity contribution in [1.29, 1.82) is 0 Å². The van der Waals surface area contributed by atoms with E-state index < -0.39 is 0 Å². The van der Waals surface area contributed by atoms with Gasteiger partial charge in [-0.1, -0.05) is 28.8 Å². The molecule has 1 aliphatic rings. The van der Waals surface area contributed by atoms with E-state index in [1.807, 2.05) is 12.4 Å². The average Bonchev–Trinajstić information content (AvgIpc) is 2.99. The van der Waals surface area contributed by atoms with Crippen LogP contribution in [0.15, 0.2) is 29.6 Å². The molecule has 5 heteroatoms. The van der Waals surface area contributed by atoms with Crippen LogP contribution in [0.4, 0.5) is 0 Å². The maximum atomic E-state index is 5.95. The summed E-state index contributed by atoms with van der Waals surface area (Å²) in [4.78, 5) is 0. The van der Waals surface area contributed by atoms with Gasteiger partial charge in [-0.2, -0.15) is 0 Å². The lowest BCUT2D eigenvalue weighted by molar-refractivity contribution is 0.0295. The summed E-state index contributed by atoms with van der Waals surface area (Å²) in [7, 11) is 1.96. The van der Waals surface area contributed by atoms with E-state index in [1.54, 1.807) is 0 Å². The molecule has 4 nitrogen and oxygen atoms in total. The van der Waals surface area contributed by atoms with Crippen molar-refractivity contribution in [1.82, 2.24) is 14.9 Å². The Morgan fingerprint density at radius 2 is 2.37 bits per heavy atom. The number of rotatable bonds is 4. The van der Waals surface area contributed by atoms with Crippen LogP contribution in [0.3, 0.4) is 0 Å². The Labute approximate surface area is 117 Å². The van der Waals surface area contributed by atoms with Crippen LogP contribution >= 0.6 is 11.5 Å². The van der Waals surface area contributed by atoms with E-state index in [0.717, 1.165) is 25.1 Å². The maximum Gasteiger partial charge on any atom is 0.0925 e. The first-order valence-electron chi connectivity index (χ1n) is 6.52. The molecule has 0 fully saturated rings. The number of hydrogen-bond donors (Lipinski definition) is 1. The standard InChI is InChI=1S/C14H17N3OS/c1-15-12(13-9-19-17-16-13)8-14-11-5-3-2-4-10(11)6-7-18-14/h2-5,9,12,14-15H,6-8H2,1H3. The molecule has 0 amide bonds. The normalized spacial score (nSPS) is 19.9. The molecule has 0 radical (unpaired) electrons. The molecule has 0 aliphatic carbocycles. The van der Waals surface area contributed by atoms with E-state index >= 15 is 0 Å². The summed E-state index contributed by atoms with van der Waals surface area (Å²) < 4.78 is 9.89. The summed E-state index contributed by atoms with van der Waals surface area (Å²) in [6, 6.07) is 8.74. The lowest BCUT2D eigenvalue weighted by Crippen LogP contribution is -2.24. The van der Waals surface area contributed by atoms with Crippen LogP contribution in [0.25, 0.3) is 0 Å². The first-order valence-corrected chi connectivity index (χ1v) is 7.35. The number of hydrogen-bond acceptors (Lipinski definition) is 5. The molecular weight excluding hydrogens is 258 g/mol. The maximum absolute atomic E-state index is 5.95. The van der Waals surface area contributed by atoms with Gasteiger partial charge in [-0.05, 0) is 42.5 Å². The van der Waals surface area contributed by atoms with Crippen LogP contribution < -0.4 is 5.32 Å². The van der Waals surface area contributed by atoms with Crippen molar-refractivity contribution in [2.45, 2.75) is 25.0 Å². The zero-order valence-corrected chi connectivity index (χ0v) is 11.7.